The summed E-state index contributed by atoms with van der Waals surface area (Å²) >= 11 is 0. The quantitative estimate of drug-likeness (QED) is 0.650. The van der Waals surface area contributed by atoms with Crippen LogP contribution in [0.5, 0.6) is 0 Å². The molecule has 0 spiro atoms. The third-order valence-corrected chi connectivity index (χ3v) is 3.69. The fraction of sp³-hybridized carbons (Fsp3) is 1.00. The predicted molar refractivity (Wildman–Crippen MR) is 68.8 cm³/mol. The molecule has 1 aliphatic carbocycles. The summed E-state index contributed by atoms with van der Waals surface area (Å²) in [4.78, 5) is 2.62. The lowest BCUT2D eigenvalue weighted by atomic mass is 9.86. The topological polar surface area (TPSA) is 24.5 Å². The van der Waals surface area contributed by atoms with Crippen molar-refractivity contribution in [1.82, 2.24) is 10.2 Å². The van der Waals surface area contributed by atoms with Gasteiger partial charge in [0, 0.05) is 32.8 Å². The standard InChI is InChI=1S/C13H28N2O/c1-5-13(2,10-14-3)11-15(8-9-16-4)12-6-7-12/h12,14H,5-11H2,1-4H3. The Morgan fingerprint density at radius 3 is 2.56 bits per heavy atom. The highest BCUT2D eigenvalue weighted by atomic mass is 16.5. The van der Waals surface area contributed by atoms with Gasteiger partial charge in [-0.15, -0.1) is 0 Å². The van der Waals surface area contributed by atoms with E-state index in [0.717, 1.165) is 25.7 Å². The van der Waals surface area contributed by atoms with Gasteiger partial charge in [0.2, 0.25) is 0 Å². The molecule has 0 aromatic carbocycles. The van der Waals surface area contributed by atoms with E-state index in [4.69, 9.17) is 4.74 Å². The number of ether oxygens (including phenoxy) is 1. The van der Waals surface area contributed by atoms with Gasteiger partial charge < -0.3 is 10.1 Å². The molecule has 0 aliphatic heterocycles. The van der Waals surface area contributed by atoms with Crippen LogP contribution in [0.15, 0.2) is 0 Å². The molecule has 1 aliphatic rings. The third kappa shape index (κ3) is 4.40. The molecule has 16 heavy (non-hydrogen) atoms. The lowest BCUT2D eigenvalue weighted by Crippen LogP contribution is -2.43. The molecule has 1 fully saturated rings. The van der Waals surface area contributed by atoms with Crippen LogP contribution in [0.1, 0.15) is 33.1 Å². The Bertz CT molecular complexity index is 194. The first-order valence-electron chi connectivity index (χ1n) is 6.53. The predicted octanol–water partition coefficient (Wildman–Crippen LogP) is 1.73. The number of nitrogens with one attached hydrogen (secondary N) is 1. The van der Waals surface area contributed by atoms with Gasteiger partial charge >= 0.3 is 0 Å². The first kappa shape index (κ1) is 13.9. The van der Waals surface area contributed by atoms with Crippen LogP contribution in [0.3, 0.4) is 0 Å². The van der Waals surface area contributed by atoms with E-state index in [1.165, 1.54) is 25.8 Å². The molecule has 1 rings (SSSR count). The number of hydrogen-bond acceptors (Lipinski definition) is 3. The van der Waals surface area contributed by atoms with Crippen LogP contribution < -0.4 is 5.32 Å². The second-order valence-corrected chi connectivity index (χ2v) is 5.39. The van der Waals surface area contributed by atoms with Crippen molar-refractivity contribution in [2.24, 2.45) is 5.41 Å². The van der Waals surface area contributed by atoms with E-state index >= 15 is 0 Å². The van der Waals surface area contributed by atoms with Crippen LogP contribution in [0.25, 0.3) is 0 Å². The van der Waals surface area contributed by atoms with E-state index < -0.39 is 0 Å². The Labute approximate surface area is 101 Å². The summed E-state index contributed by atoms with van der Waals surface area (Å²) in [6.45, 7) is 8.90. The van der Waals surface area contributed by atoms with Crippen LogP contribution in [-0.2, 0) is 4.74 Å². The van der Waals surface area contributed by atoms with Gasteiger partial charge in [-0.25, -0.2) is 0 Å². The average molecular weight is 228 g/mol. The van der Waals surface area contributed by atoms with Crippen LogP contribution >= 0.6 is 0 Å². The smallest absolute Gasteiger partial charge is 0.0589 e. The van der Waals surface area contributed by atoms with Crippen molar-refractivity contribution in [1.29, 1.82) is 0 Å². The van der Waals surface area contributed by atoms with Crippen LogP contribution in [0.4, 0.5) is 0 Å². The Kier molecular flexibility index (Phi) is 5.73. The average Bonchev–Trinajstić information content (AvgIpc) is 3.08. The van der Waals surface area contributed by atoms with Gasteiger partial charge in [-0.2, -0.15) is 0 Å². The zero-order chi connectivity index (χ0) is 12.0. The highest BCUT2D eigenvalue weighted by Crippen LogP contribution is 2.31. The van der Waals surface area contributed by atoms with Gasteiger partial charge in [0.1, 0.15) is 0 Å². The fourth-order valence-corrected chi connectivity index (χ4v) is 2.25. The first-order chi connectivity index (χ1) is 7.65. The Hall–Kier alpha value is -0.120. The maximum Gasteiger partial charge on any atom is 0.0589 e. The van der Waals surface area contributed by atoms with E-state index in [2.05, 4.69) is 24.1 Å². The molecule has 1 saturated carbocycles. The zero-order valence-corrected chi connectivity index (χ0v) is 11.4. The molecule has 1 unspecified atom stereocenters. The number of methoxy groups -OCH3 is 1. The largest absolute Gasteiger partial charge is 0.383 e. The van der Waals surface area contributed by atoms with Crippen molar-refractivity contribution in [2.75, 3.05) is 40.4 Å². The summed E-state index contributed by atoms with van der Waals surface area (Å²) in [5.41, 5.74) is 0.394. The second kappa shape index (κ2) is 6.58. The maximum atomic E-state index is 5.20. The SMILES string of the molecule is CCC(C)(CNC)CN(CCOC)C1CC1. The van der Waals surface area contributed by atoms with Crippen LogP contribution in [0.2, 0.25) is 0 Å². The van der Waals surface area contributed by atoms with Crippen molar-refractivity contribution in [3.8, 4) is 0 Å². The van der Waals surface area contributed by atoms with Crippen molar-refractivity contribution < 1.29 is 4.74 Å². The van der Waals surface area contributed by atoms with Gasteiger partial charge in [-0.3, -0.25) is 4.90 Å². The molecule has 0 bridgehead atoms. The highest BCUT2D eigenvalue weighted by molar-refractivity contribution is 4.89. The van der Waals surface area contributed by atoms with Crippen LogP contribution in [-0.4, -0.2) is 51.3 Å². The van der Waals surface area contributed by atoms with Gasteiger partial charge in [-0.1, -0.05) is 13.8 Å². The highest BCUT2D eigenvalue weighted by Gasteiger charge is 2.33. The molecule has 0 aromatic heterocycles. The zero-order valence-electron chi connectivity index (χ0n) is 11.4. The molecule has 3 nitrogen and oxygen atoms in total. The summed E-state index contributed by atoms with van der Waals surface area (Å²) in [7, 11) is 3.84. The lowest BCUT2D eigenvalue weighted by molar-refractivity contribution is 0.104. The summed E-state index contributed by atoms with van der Waals surface area (Å²) in [5, 5.41) is 3.32. The molecule has 3 heteroatoms. The molecule has 1 N–H and O–H groups in total. The van der Waals surface area contributed by atoms with Crippen molar-refractivity contribution in [3.05, 3.63) is 0 Å². The summed E-state index contributed by atoms with van der Waals surface area (Å²) in [5.74, 6) is 0. The van der Waals surface area contributed by atoms with E-state index in [1.54, 1.807) is 7.11 Å². The molecular weight excluding hydrogens is 200 g/mol. The number of nitrogens with zero attached hydrogens (tertiary/aromatic N) is 1. The molecule has 1 atom stereocenters. The number of hydrogen-bond donors (Lipinski definition) is 1. The van der Waals surface area contributed by atoms with E-state index in [0.29, 0.717) is 5.41 Å². The van der Waals surface area contributed by atoms with E-state index in [-0.39, 0.29) is 0 Å². The molecule has 96 valence electrons. The van der Waals surface area contributed by atoms with Crippen molar-refractivity contribution in [3.63, 3.8) is 0 Å². The summed E-state index contributed by atoms with van der Waals surface area (Å²) in [6, 6.07) is 0.831. The minimum atomic E-state index is 0.394. The van der Waals surface area contributed by atoms with Gasteiger partial charge in [0.25, 0.3) is 0 Å². The minimum Gasteiger partial charge on any atom is -0.383 e. The van der Waals surface area contributed by atoms with E-state index in [9.17, 15) is 0 Å². The fourth-order valence-electron chi connectivity index (χ4n) is 2.25. The summed E-state index contributed by atoms with van der Waals surface area (Å²) in [6.07, 6.45) is 3.98. The Morgan fingerprint density at radius 1 is 1.44 bits per heavy atom. The summed E-state index contributed by atoms with van der Waals surface area (Å²) < 4.78 is 5.20. The maximum absolute atomic E-state index is 5.20. The van der Waals surface area contributed by atoms with Crippen molar-refractivity contribution in [2.45, 2.75) is 39.2 Å². The monoisotopic (exact) mass is 228 g/mol. The molecule has 0 heterocycles. The third-order valence-electron chi connectivity index (χ3n) is 3.69. The first-order valence-corrected chi connectivity index (χ1v) is 6.53. The van der Waals surface area contributed by atoms with Gasteiger partial charge in [0.05, 0.1) is 6.61 Å². The van der Waals surface area contributed by atoms with E-state index in [1.807, 2.05) is 7.05 Å². The minimum absolute atomic E-state index is 0.394. The lowest BCUT2D eigenvalue weighted by Gasteiger charge is -2.35. The number of rotatable bonds is 9. The molecule has 0 radical (unpaired) electrons. The molecular formula is C13H28N2O. The molecule has 0 amide bonds. The molecule has 0 aromatic rings. The van der Waals surface area contributed by atoms with Crippen molar-refractivity contribution >= 4 is 0 Å². The Morgan fingerprint density at radius 2 is 2.12 bits per heavy atom. The van der Waals surface area contributed by atoms with Gasteiger partial charge in [-0.05, 0) is 31.7 Å². The Balaban J connectivity index is 2.44. The van der Waals surface area contributed by atoms with Gasteiger partial charge in [0.15, 0.2) is 0 Å². The van der Waals surface area contributed by atoms with Crippen LogP contribution in [0, 0.1) is 5.41 Å². The molecule has 0 saturated heterocycles. The second-order valence-electron chi connectivity index (χ2n) is 5.39. The normalized spacial score (nSPS) is 20.1.